The maximum atomic E-state index is 9.05. The van der Waals surface area contributed by atoms with E-state index < -0.39 is 5.79 Å². The molecule has 5 nitrogen and oxygen atoms in total. The first kappa shape index (κ1) is 20.6. The van der Waals surface area contributed by atoms with Gasteiger partial charge in [0.1, 0.15) is 18.3 Å². The third-order valence-electron chi connectivity index (χ3n) is 3.71. The summed E-state index contributed by atoms with van der Waals surface area (Å²) in [5, 5.41) is 9.05. The Hall–Kier alpha value is -0.460. The van der Waals surface area contributed by atoms with Crippen molar-refractivity contribution in [3.05, 3.63) is 12.2 Å². The van der Waals surface area contributed by atoms with E-state index in [0.29, 0.717) is 13.2 Å². The summed E-state index contributed by atoms with van der Waals surface area (Å²) < 4.78 is 23.8. The number of aliphatic hydroxyl groups excluding tert-OH is 1. The lowest BCUT2D eigenvalue weighted by atomic mass is 10.0. The van der Waals surface area contributed by atoms with Gasteiger partial charge < -0.3 is 24.1 Å². The van der Waals surface area contributed by atoms with Gasteiger partial charge in [0.15, 0.2) is 5.79 Å². The lowest BCUT2D eigenvalue weighted by Crippen LogP contribution is -2.56. The molecule has 1 aliphatic heterocycles. The minimum atomic E-state index is -0.701. The van der Waals surface area contributed by atoms with Crippen molar-refractivity contribution in [3.8, 4) is 0 Å². The number of ether oxygens (including phenoxy) is 4. The Morgan fingerprint density at radius 2 is 1.78 bits per heavy atom. The molecule has 5 heteroatoms. The highest BCUT2D eigenvalue weighted by molar-refractivity contribution is 5.00. The molecule has 1 saturated heterocycles. The Morgan fingerprint density at radius 3 is 2.43 bits per heavy atom. The molecule has 136 valence electrons. The van der Waals surface area contributed by atoms with Crippen LogP contribution in [0.1, 0.15) is 53.4 Å². The molecule has 0 aromatic heterocycles. The van der Waals surface area contributed by atoms with Crippen LogP contribution in [0.15, 0.2) is 12.2 Å². The SMILES string of the molecule is CCCCOC[C@H]1OC(C)(C)O[C@H](/C=C/CO)[C@@H]1OCCCC. The molecule has 0 saturated carbocycles. The van der Waals surface area contributed by atoms with Gasteiger partial charge in [0.05, 0.1) is 13.2 Å². The largest absolute Gasteiger partial charge is 0.392 e. The van der Waals surface area contributed by atoms with Gasteiger partial charge in [0, 0.05) is 13.2 Å². The molecule has 23 heavy (non-hydrogen) atoms. The predicted octanol–water partition coefficient (Wildman–Crippen LogP) is 3.06. The van der Waals surface area contributed by atoms with Crippen LogP contribution in [0.3, 0.4) is 0 Å². The molecule has 3 atom stereocenters. The summed E-state index contributed by atoms with van der Waals surface area (Å²) in [5.41, 5.74) is 0. The summed E-state index contributed by atoms with van der Waals surface area (Å²) in [6.45, 7) is 9.95. The summed E-state index contributed by atoms with van der Waals surface area (Å²) in [6.07, 6.45) is 7.13. The normalized spacial score (nSPS) is 27.6. The Balaban J connectivity index is 2.73. The molecule has 0 aromatic rings. The summed E-state index contributed by atoms with van der Waals surface area (Å²) in [5.74, 6) is -0.701. The van der Waals surface area contributed by atoms with Crippen molar-refractivity contribution in [2.24, 2.45) is 0 Å². The summed E-state index contributed by atoms with van der Waals surface area (Å²) >= 11 is 0. The Morgan fingerprint density at radius 1 is 1.09 bits per heavy atom. The van der Waals surface area contributed by atoms with Crippen LogP contribution in [0, 0.1) is 0 Å². The van der Waals surface area contributed by atoms with Gasteiger partial charge in [0.25, 0.3) is 0 Å². The van der Waals surface area contributed by atoms with E-state index in [4.69, 9.17) is 24.1 Å². The molecular weight excluding hydrogens is 296 g/mol. The highest BCUT2D eigenvalue weighted by atomic mass is 16.7. The second kappa shape index (κ2) is 11.2. The topological polar surface area (TPSA) is 57.2 Å². The van der Waals surface area contributed by atoms with E-state index >= 15 is 0 Å². The van der Waals surface area contributed by atoms with E-state index in [1.54, 1.807) is 6.08 Å². The third-order valence-corrected chi connectivity index (χ3v) is 3.71. The molecule has 0 radical (unpaired) electrons. The second-order valence-electron chi connectivity index (χ2n) is 6.37. The third kappa shape index (κ3) is 7.77. The molecule has 0 spiro atoms. The molecule has 0 aliphatic carbocycles. The Labute approximate surface area is 140 Å². The van der Waals surface area contributed by atoms with Gasteiger partial charge in [-0.25, -0.2) is 0 Å². The van der Waals surface area contributed by atoms with Crippen molar-refractivity contribution in [1.29, 1.82) is 0 Å². The van der Waals surface area contributed by atoms with Gasteiger partial charge in [-0.15, -0.1) is 0 Å². The fourth-order valence-corrected chi connectivity index (χ4v) is 2.55. The monoisotopic (exact) mass is 330 g/mol. The molecule has 1 N–H and O–H groups in total. The molecule has 1 aliphatic rings. The highest BCUT2D eigenvalue weighted by Crippen LogP contribution is 2.30. The fraction of sp³-hybridized carbons (Fsp3) is 0.889. The van der Waals surface area contributed by atoms with Crippen LogP contribution < -0.4 is 0 Å². The average Bonchev–Trinajstić information content (AvgIpc) is 2.51. The Kier molecular flexibility index (Phi) is 9.99. The highest BCUT2D eigenvalue weighted by Gasteiger charge is 2.43. The van der Waals surface area contributed by atoms with Crippen LogP contribution in [0.5, 0.6) is 0 Å². The maximum Gasteiger partial charge on any atom is 0.164 e. The standard InChI is InChI=1S/C18H34O5/c1-5-7-12-20-14-16-17(21-13-8-6-2)15(10-9-11-19)22-18(3,4)23-16/h9-10,15-17,19H,5-8,11-14H2,1-4H3/b10-9+/t15-,16-,17+/m1/s1. The summed E-state index contributed by atoms with van der Waals surface area (Å²) in [6, 6.07) is 0. The van der Waals surface area contributed by atoms with Crippen molar-refractivity contribution in [2.75, 3.05) is 26.4 Å². The summed E-state index contributed by atoms with van der Waals surface area (Å²) in [7, 11) is 0. The van der Waals surface area contributed by atoms with Crippen LogP contribution in [-0.4, -0.2) is 55.6 Å². The molecule has 0 aromatic carbocycles. The minimum absolute atomic E-state index is 0.0134. The molecule has 0 unspecified atom stereocenters. The van der Waals surface area contributed by atoms with E-state index in [9.17, 15) is 0 Å². The van der Waals surface area contributed by atoms with Gasteiger partial charge in [-0.05, 0) is 26.7 Å². The van der Waals surface area contributed by atoms with E-state index in [0.717, 1.165) is 32.3 Å². The number of hydrogen-bond donors (Lipinski definition) is 1. The van der Waals surface area contributed by atoms with Crippen LogP contribution in [-0.2, 0) is 18.9 Å². The van der Waals surface area contributed by atoms with E-state index in [1.807, 2.05) is 19.9 Å². The van der Waals surface area contributed by atoms with Gasteiger partial charge in [0.2, 0.25) is 0 Å². The van der Waals surface area contributed by atoms with Gasteiger partial charge in [-0.1, -0.05) is 38.8 Å². The van der Waals surface area contributed by atoms with Crippen LogP contribution in [0.4, 0.5) is 0 Å². The van der Waals surface area contributed by atoms with Crippen LogP contribution in [0.2, 0.25) is 0 Å². The molecule has 1 rings (SSSR count). The number of unbranched alkanes of at least 4 members (excludes halogenated alkanes) is 2. The van der Waals surface area contributed by atoms with Gasteiger partial charge in [-0.3, -0.25) is 0 Å². The first-order valence-electron chi connectivity index (χ1n) is 8.86. The van der Waals surface area contributed by atoms with Gasteiger partial charge >= 0.3 is 0 Å². The lowest BCUT2D eigenvalue weighted by molar-refractivity contribution is -0.334. The van der Waals surface area contributed by atoms with Crippen molar-refractivity contribution >= 4 is 0 Å². The van der Waals surface area contributed by atoms with Gasteiger partial charge in [-0.2, -0.15) is 0 Å². The van der Waals surface area contributed by atoms with Crippen LogP contribution in [0.25, 0.3) is 0 Å². The predicted molar refractivity (Wildman–Crippen MR) is 90.4 cm³/mol. The zero-order valence-electron chi connectivity index (χ0n) is 15.1. The summed E-state index contributed by atoms with van der Waals surface area (Å²) in [4.78, 5) is 0. The van der Waals surface area contributed by atoms with E-state index in [1.165, 1.54) is 0 Å². The first-order chi connectivity index (χ1) is 11.0. The minimum Gasteiger partial charge on any atom is -0.392 e. The fourth-order valence-electron chi connectivity index (χ4n) is 2.55. The first-order valence-corrected chi connectivity index (χ1v) is 8.86. The Bertz CT molecular complexity index is 329. The quantitative estimate of drug-likeness (QED) is 0.466. The number of aliphatic hydroxyl groups is 1. The number of rotatable bonds is 11. The smallest absolute Gasteiger partial charge is 0.164 e. The number of hydrogen-bond acceptors (Lipinski definition) is 5. The van der Waals surface area contributed by atoms with E-state index in [-0.39, 0.29) is 24.9 Å². The molecule has 0 bridgehead atoms. The van der Waals surface area contributed by atoms with E-state index in [2.05, 4.69) is 13.8 Å². The lowest BCUT2D eigenvalue weighted by Gasteiger charge is -2.44. The average molecular weight is 330 g/mol. The molecule has 1 heterocycles. The van der Waals surface area contributed by atoms with Crippen molar-refractivity contribution < 1.29 is 24.1 Å². The zero-order chi connectivity index (χ0) is 17.1. The molecular formula is C18H34O5. The van der Waals surface area contributed by atoms with Crippen molar-refractivity contribution in [3.63, 3.8) is 0 Å². The maximum absolute atomic E-state index is 9.05. The second-order valence-corrected chi connectivity index (χ2v) is 6.37. The molecule has 1 fully saturated rings. The molecule has 0 amide bonds. The zero-order valence-corrected chi connectivity index (χ0v) is 15.1. The van der Waals surface area contributed by atoms with Crippen molar-refractivity contribution in [1.82, 2.24) is 0 Å². The van der Waals surface area contributed by atoms with Crippen molar-refractivity contribution in [2.45, 2.75) is 77.5 Å². The van der Waals surface area contributed by atoms with Crippen LogP contribution >= 0.6 is 0 Å².